The molecule has 0 aromatic rings. The predicted octanol–water partition coefficient (Wildman–Crippen LogP) is 1.33. The van der Waals surface area contributed by atoms with Gasteiger partial charge in [-0.25, -0.2) is 0 Å². The van der Waals surface area contributed by atoms with E-state index in [1.54, 1.807) is 0 Å². The standard InChI is InChI=1S/C10H22N2S/c1-3-10-9-11(2)5-4-6-12(10)7-8-13/h10,13H,3-9H2,1-2H3. The quantitative estimate of drug-likeness (QED) is 0.690. The molecule has 0 amide bonds. The van der Waals surface area contributed by atoms with Gasteiger partial charge in [-0.15, -0.1) is 0 Å². The number of thiol groups is 1. The van der Waals surface area contributed by atoms with Crippen LogP contribution in [0, 0.1) is 0 Å². The van der Waals surface area contributed by atoms with E-state index in [0.29, 0.717) is 0 Å². The largest absolute Gasteiger partial charge is 0.305 e. The molecule has 78 valence electrons. The smallest absolute Gasteiger partial charge is 0.0220 e. The van der Waals surface area contributed by atoms with E-state index in [1.165, 1.54) is 32.5 Å². The van der Waals surface area contributed by atoms with Crippen molar-refractivity contribution in [3.63, 3.8) is 0 Å². The molecule has 1 fully saturated rings. The van der Waals surface area contributed by atoms with E-state index in [0.717, 1.165) is 18.3 Å². The first-order valence-electron chi connectivity index (χ1n) is 5.31. The van der Waals surface area contributed by atoms with Gasteiger partial charge in [0.15, 0.2) is 0 Å². The third-order valence-corrected chi connectivity index (χ3v) is 3.08. The molecule has 0 saturated carbocycles. The zero-order chi connectivity index (χ0) is 9.68. The van der Waals surface area contributed by atoms with Gasteiger partial charge in [0.25, 0.3) is 0 Å². The van der Waals surface area contributed by atoms with Crippen molar-refractivity contribution in [1.82, 2.24) is 9.80 Å². The molecule has 2 nitrogen and oxygen atoms in total. The van der Waals surface area contributed by atoms with Crippen LogP contribution in [0.1, 0.15) is 19.8 Å². The fourth-order valence-corrected chi connectivity index (χ4v) is 2.36. The summed E-state index contributed by atoms with van der Waals surface area (Å²) in [6, 6.07) is 0.750. The maximum atomic E-state index is 4.31. The summed E-state index contributed by atoms with van der Waals surface area (Å²) in [6.45, 7) is 7.16. The van der Waals surface area contributed by atoms with Crippen LogP contribution in [0.15, 0.2) is 0 Å². The molecule has 3 heteroatoms. The molecule has 1 atom stereocenters. The van der Waals surface area contributed by atoms with Gasteiger partial charge in [0.2, 0.25) is 0 Å². The third kappa shape index (κ3) is 3.49. The van der Waals surface area contributed by atoms with Gasteiger partial charge in [0.05, 0.1) is 0 Å². The number of hydrogen-bond acceptors (Lipinski definition) is 3. The average molecular weight is 202 g/mol. The lowest BCUT2D eigenvalue weighted by Crippen LogP contribution is -2.40. The summed E-state index contributed by atoms with van der Waals surface area (Å²) >= 11 is 4.31. The molecule has 0 spiro atoms. The Morgan fingerprint density at radius 3 is 2.77 bits per heavy atom. The minimum absolute atomic E-state index is 0.750. The van der Waals surface area contributed by atoms with Crippen LogP contribution in [0.3, 0.4) is 0 Å². The Balaban J connectivity index is 2.48. The molecule has 13 heavy (non-hydrogen) atoms. The second-order valence-corrected chi connectivity index (χ2v) is 4.38. The van der Waals surface area contributed by atoms with Crippen molar-refractivity contribution in [3.05, 3.63) is 0 Å². The zero-order valence-electron chi connectivity index (χ0n) is 8.87. The molecule has 0 aromatic carbocycles. The Morgan fingerprint density at radius 1 is 1.38 bits per heavy atom. The summed E-state index contributed by atoms with van der Waals surface area (Å²) in [5.41, 5.74) is 0. The molecule has 0 aromatic heterocycles. The van der Waals surface area contributed by atoms with Crippen LogP contribution in [0.2, 0.25) is 0 Å². The Hall–Kier alpha value is 0.270. The summed E-state index contributed by atoms with van der Waals surface area (Å²) in [4.78, 5) is 5.04. The molecule has 0 aliphatic carbocycles. The maximum Gasteiger partial charge on any atom is 0.0220 e. The Bertz CT molecular complexity index is 141. The topological polar surface area (TPSA) is 6.48 Å². The van der Waals surface area contributed by atoms with E-state index < -0.39 is 0 Å². The normalized spacial score (nSPS) is 27.5. The molecule has 0 bridgehead atoms. The molecule has 1 aliphatic heterocycles. The first-order chi connectivity index (χ1) is 6.27. The highest BCUT2D eigenvalue weighted by molar-refractivity contribution is 7.80. The van der Waals surface area contributed by atoms with Crippen LogP contribution < -0.4 is 0 Å². The fourth-order valence-electron chi connectivity index (χ4n) is 2.10. The summed E-state index contributed by atoms with van der Waals surface area (Å²) in [7, 11) is 2.23. The molecule has 1 unspecified atom stereocenters. The van der Waals surface area contributed by atoms with Gasteiger partial charge in [-0.1, -0.05) is 6.92 Å². The van der Waals surface area contributed by atoms with Gasteiger partial charge in [0, 0.05) is 24.9 Å². The minimum Gasteiger partial charge on any atom is -0.305 e. The van der Waals surface area contributed by atoms with E-state index in [1.807, 2.05) is 0 Å². The van der Waals surface area contributed by atoms with Crippen molar-refractivity contribution in [1.29, 1.82) is 0 Å². The van der Waals surface area contributed by atoms with E-state index >= 15 is 0 Å². The lowest BCUT2D eigenvalue weighted by atomic mass is 10.2. The van der Waals surface area contributed by atoms with E-state index in [4.69, 9.17) is 0 Å². The SMILES string of the molecule is CCC1CN(C)CCCN1CCS. The van der Waals surface area contributed by atoms with Crippen LogP contribution in [0.5, 0.6) is 0 Å². The van der Waals surface area contributed by atoms with Gasteiger partial charge in [0.1, 0.15) is 0 Å². The Morgan fingerprint density at radius 2 is 2.15 bits per heavy atom. The maximum absolute atomic E-state index is 4.31. The summed E-state index contributed by atoms with van der Waals surface area (Å²) in [5.74, 6) is 0.986. The van der Waals surface area contributed by atoms with Crippen LogP contribution in [0.4, 0.5) is 0 Å². The van der Waals surface area contributed by atoms with Crippen LogP contribution >= 0.6 is 12.6 Å². The van der Waals surface area contributed by atoms with Gasteiger partial charge in [-0.3, -0.25) is 4.90 Å². The van der Waals surface area contributed by atoms with Gasteiger partial charge < -0.3 is 4.90 Å². The van der Waals surface area contributed by atoms with Gasteiger partial charge in [-0.05, 0) is 33.0 Å². The molecule has 1 aliphatic rings. The number of hydrogen-bond donors (Lipinski definition) is 1. The van der Waals surface area contributed by atoms with Crippen LogP contribution in [0.25, 0.3) is 0 Å². The summed E-state index contributed by atoms with van der Waals surface area (Å²) < 4.78 is 0. The Kier molecular flexibility index (Phi) is 5.14. The first-order valence-corrected chi connectivity index (χ1v) is 5.94. The average Bonchev–Trinajstić information content (AvgIpc) is 2.29. The second kappa shape index (κ2) is 5.89. The number of likely N-dealkylation sites (N-methyl/N-ethyl adjacent to an activating group) is 1. The minimum atomic E-state index is 0.750. The Labute approximate surface area is 87.7 Å². The summed E-state index contributed by atoms with van der Waals surface area (Å²) in [6.07, 6.45) is 2.57. The van der Waals surface area contributed by atoms with Crippen molar-refractivity contribution < 1.29 is 0 Å². The molecule has 1 heterocycles. The van der Waals surface area contributed by atoms with E-state index in [2.05, 4.69) is 36.4 Å². The van der Waals surface area contributed by atoms with Crippen molar-refractivity contribution in [2.45, 2.75) is 25.8 Å². The predicted molar refractivity (Wildman–Crippen MR) is 61.6 cm³/mol. The molecular formula is C10H22N2S. The number of rotatable bonds is 3. The highest BCUT2D eigenvalue weighted by Gasteiger charge is 2.20. The lowest BCUT2D eigenvalue weighted by Gasteiger charge is -2.29. The monoisotopic (exact) mass is 202 g/mol. The summed E-state index contributed by atoms with van der Waals surface area (Å²) in [5, 5.41) is 0. The third-order valence-electron chi connectivity index (χ3n) is 2.88. The van der Waals surface area contributed by atoms with E-state index in [-0.39, 0.29) is 0 Å². The van der Waals surface area contributed by atoms with Gasteiger partial charge >= 0.3 is 0 Å². The van der Waals surface area contributed by atoms with Crippen molar-refractivity contribution in [3.8, 4) is 0 Å². The van der Waals surface area contributed by atoms with E-state index in [9.17, 15) is 0 Å². The molecular weight excluding hydrogens is 180 g/mol. The molecule has 1 rings (SSSR count). The van der Waals surface area contributed by atoms with Crippen LogP contribution in [-0.4, -0.2) is 54.8 Å². The number of nitrogens with zero attached hydrogens (tertiary/aromatic N) is 2. The van der Waals surface area contributed by atoms with Crippen molar-refractivity contribution >= 4 is 12.6 Å². The van der Waals surface area contributed by atoms with Crippen molar-refractivity contribution in [2.75, 3.05) is 39.0 Å². The highest BCUT2D eigenvalue weighted by Crippen LogP contribution is 2.11. The molecule has 0 N–H and O–H groups in total. The first kappa shape index (κ1) is 11.3. The second-order valence-electron chi connectivity index (χ2n) is 3.94. The van der Waals surface area contributed by atoms with Crippen molar-refractivity contribution in [2.24, 2.45) is 0 Å². The fraction of sp³-hybridized carbons (Fsp3) is 1.00. The zero-order valence-corrected chi connectivity index (χ0v) is 9.76. The molecule has 0 radical (unpaired) electrons. The lowest BCUT2D eigenvalue weighted by molar-refractivity contribution is 0.194. The highest BCUT2D eigenvalue weighted by atomic mass is 32.1. The molecule has 1 saturated heterocycles. The van der Waals surface area contributed by atoms with Crippen LogP contribution in [-0.2, 0) is 0 Å². The van der Waals surface area contributed by atoms with Gasteiger partial charge in [-0.2, -0.15) is 12.6 Å².